The van der Waals surface area contributed by atoms with Crippen molar-refractivity contribution in [1.29, 1.82) is 0 Å². The molecule has 0 aromatic heterocycles. The van der Waals surface area contributed by atoms with Crippen molar-refractivity contribution in [3.63, 3.8) is 0 Å². The zero-order chi connectivity index (χ0) is 25.2. The Morgan fingerprint density at radius 1 is 0.412 bits per heavy atom. The third-order valence-electron chi connectivity index (χ3n) is 4.90. The molecule has 10 nitrogen and oxygen atoms in total. The fourth-order valence-corrected chi connectivity index (χ4v) is 3.29. The van der Waals surface area contributed by atoms with Crippen molar-refractivity contribution in [2.75, 3.05) is 0 Å². The van der Waals surface area contributed by atoms with E-state index in [9.17, 15) is 39.0 Å². The van der Waals surface area contributed by atoms with Crippen LogP contribution in [0.15, 0.2) is 60.7 Å². The van der Waals surface area contributed by atoms with Crippen LogP contribution >= 0.6 is 0 Å². The van der Waals surface area contributed by atoms with Gasteiger partial charge in [0.1, 0.15) is 0 Å². The lowest BCUT2D eigenvalue weighted by Gasteiger charge is -2.11. The molecule has 0 saturated carbocycles. The average Bonchev–Trinajstić information content (AvgIpc) is 2.82. The Morgan fingerprint density at radius 2 is 0.735 bits per heavy atom. The Labute approximate surface area is 190 Å². The van der Waals surface area contributed by atoms with Gasteiger partial charge in [-0.2, -0.15) is 0 Å². The van der Waals surface area contributed by atoms with Gasteiger partial charge in [-0.25, -0.2) is 19.2 Å². The van der Waals surface area contributed by atoms with Crippen molar-refractivity contribution in [1.82, 2.24) is 0 Å². The Bertz CT molecular complexity index is 1290. The first kappa shape index (κ1) is 23.5. The van der Waals surface area contributed by atoms with Crippen LogP contribution < -0.4 is 0 Å². The normalized spacial score (nSPS) is 10.4. The fraction of sp³-hybridized carbons (Fsp3) is 0. The van der Waals surface area contributed by atoms with Crippen LogP contribution in [0.1, 0.15) is 73.3 Å². The van der Waals surface area contributed by atoms with Crippen LogP contribution in [0, 0.1) is 0 Å². The SMILES string of the molecule is O=C(O)c1ccc(C(=O)c2ccccc2C(=O)c2ccc(C(=O)O)c(C(=O)O)c2)cc1C(=O)O. The summed E-state index contributed by atoms with van der Waals surface area (Å²) in [5.74, 6) is -7.66. The lowest BCUT2D eigenvalue weighted by molar-refractivity contribution is 0.0651. The zero-order valence-electron chi connectivity index (χ0n) is 17.0. The maximum Gasteiger partial charge on any atom is 0.336 e. The third kappa shape index (κ3) is 4.41. The molecule has 34 heavy (non-hydrogen) atoms. The molecule has 3 aromatic carbocycles. The maximum absolute atomic E-state index is 13.1. The molecule has 0 bridgehead atoms. The van der Waals surface area contributed by atoms with E-state index in [1.807, 2.05) is 0 Å². The van der Waals surface area contributed by atoms with Crippen molar-refractivity contribution in [3.05, 3.63) is 105 Å². The van der Waals surface area contributed by atoms with Crippen molar-refractivity contribution in [2.24, 2.45) is 0 Å². The summed E-state index contributed by atoms with van der Waals surface area (Å²) in [7, 11) is 0. The van der Waals surface area contributed by atoms with Gasteiger partial charge in [-0.1, -0.05) is 36.4 Å². The van der Waals surface area contributed by atoms with E-state index in [2.05, 4.69) is 0 Å². The van der Waals surface area contributed by atoms with Gasteiger partial charge in [-0.15, -0.1) is 0 Å². The standard InChI is InChI=1S/C24H14O10/c25-19(11-5-7-15(21(27)28)17(9-11)23(31)32)13-3-1-2-4-14(13)20(26)12-6-8-16(22(29)30)18(10-12)24(33)34/h1-10H,(H,27,28)(H,29,30)(H,31,32)(H,33,34). The summed E-state index contributed by atoms with van der Waals surface area (Å²) in [6.45, 7) is 0. The summed E-state index contributed by atoms with van der Waals surface area (Å²) in [5.41, 5.74) is -2.93. The highest BCUT2D eigenvalue weighted by atomic mass is 16.4. The summed E-state index contributed by atoms with van der Waals surface area (Å²) < 4.78 is 0. The highest BCUT2D eigenvalue weighted by Crippen LogP contribution is 2.22. The summed E-state index contributed by atoms with van der Waals surface area (Å²) >= 11 is 0. The molecule has 3 aromatic rings. The molecule has 3 rings (SSSR count). The zero-order valence-corrected chi connectivity index (χ0v) is 17.0. The van der Waals surface area contributed by atoms with Gasteiger partial charge in [0.15, 0.2) is 11.6 Å². The first-order valence-electron chi connectivity index (χ1n) is 9.42. The van der Waals surface area contributed by atoms with Gasteiger partial charge in [-0.3, -0.25) is 9.59 Å². The molecule has 0 unspecified atom stereocenters. The van der Waals surface area contributed by atoms with Crippen LogP contribution in [0.25, 0.3) is 0 Å². The monoisotopic (exact) mass is 462 g/mol. The quantitative estimate of drug-likeness (QED) is 0.363. The number of aromatic carboxylic acids is 4. The second-order valence-electron chi connectivity index (χ2n) is 6.95. The van der Waals surface area contributed by atoms with E-state index in [-0.39, 0.29) is 22.3 Å². The van der Waals surface area contributed by atoms with Gasteiger partial charge in [-0.05, 0) is 24.3 Å². The maximum atomic E-state index is 13.1. The molecule has 0 aliphatic rings. The molecule has 10 heteroatoms. The molecule has 0 aliphatic heterocycles. The molecule has 0 aliphatic carbocycles. The number of carbonyl (C=O) groups is 6. The number of rotatable bonds is 8. The van der Waals surface area contributed by atoms with Gasteiger partial charge in [0.05, 0.1) is 22.3 Å². The number of carboxylic acid groups (broad SMARTS) is 4. The fourth-order valence-electron chi connectivity index (χ4n) is 3.29. The molecule has 0 spiro atoms. The van der Waals surface area contributed by atoms with E-state index in [1.54, 1.807) is 0 Å². The lowest BCUT2D eigenvalue weighted by atomic mass is 9.91. The summed E-state index contributed by atoms with van der Waals surface area (Å²) in [6, 6.07) is 11.4. The smallest absolute Gasteiger partial charge is 0.336 e. The van der Waals surface area contributed by atoms with E-state index in [0.717, 1.165) is 36.4 Å². The first-order chi connectivity index (χ1) is 16.0. The van der Waals surface area contributed by atoms with Crippen LogP contribution in [-0.4, -0.2) is 55.9 Å². The van der Waals surface area contributed by atoms with Crippen LogP contribution in [0.3, 0.4) is 0 Å². The Morgan fingerprint density at radius 3 is 1.03 bits per heavy atom. The molecule has 0 atom stereocenters. The minimum Gasteiger partial charge on any atom is -0.478 e. The van der Waals surface area contributed by atoms with Crippen LogP contribution in [0.5, 0.6) is 0 Å². The highest BCUT2D eigenvalue weighted by Gasteiger charge is 2.24. The summed E-state index contributed by atoms with van der Waals surface area (Å²) in [6.07, 6.45) is 0. The molecular weight excluding hydrogens is 448 g/mol. The van der Waals surface area contributed by atoms with Crippen molar-refractivity contribution in [3.8, 4) is 0 Å². The largest absolute Gasteiger partial charge is 0.478 e. The van der Waals surface area contributed by atoms with Crippen molar-refractivity contribution >= 4 is 35.4 Å². The molecule has 170 valence electrons. The number of carbonyl (C=O) groups excluding carboxylic acids is 2. The Balaban J connectivity index is 2.10. The van der Waals surface area contributed by atoms with Crippen LogP contribution in [0.4, 0.5) is 0 Å². The van der Waals surface area contributed by atoms with Crippen molar-refractivity contribution < 1.29 is 49.2 Å². The number of ketones is 2. The van der Waals surface area contributed by atoms with Gasteiger partial charge < -0.3 is 20.4 Å². The van der Waals surface area contributed by atoms with E-state index in [4.69, 9.17) is 10.2 Å². The molecule has 0 amide bonds. The van der Waals surface area contributed by atoms with Gasteiger partial charge in [0.25, 0.3) is 0 Å². The number of hydrogen-bond acceptors (Lipinski definition) is 6. The number of carboxylic acids is 4. The molecule has 0 radical (unpaired) electrons. The second kappa shape index (κ2) is 9.17. The minimum atomic E-state index is -1.56. The second-order valence-corrected chi connectivity index (χ2v) is 6.95. The van der Waals surface area contributed by atoms with Gasteiger partial charge in [0.2, 0.25) is 0 Å². The molecule has 0 saturated heterocycles. The van der Waals surface area contributed by atoms with Gasteiger partial charge >= 0.3 is 23.9 Å². The molecule has 0 fully saturated rings. The Hall–Kier alpha value is -5.12. The molecule has 4 N–H and O–H groups in total. The number of benzene rings is 3. The third-order valence-corrected chi connectivity index (χ3v) is 4.90. The molecule has 0 heterocycles. The lowest BCUT2D eigenvalue weighted by Crippen LogP contribution is -2.15. The molecular formula is C24H14O10. The van der Waals surface area contributed by atoms with E-state index >= 15 is 0 Å². The van der Waals surface area contributed by atoms with Gasteiger partial charge in [0, 0.05) is 22.3 Å². The van der Waals surface area contributed by atoms with Crippen LogP contribution in [0.2, 0.25) is 0 Å². The summed E-state index contributed by atoms with van der Waals surface area (Å²) in [5, 5.41) is 36.9. The Kier molecular flexibility index (Phi) is 6.35. The predicted molar refractivity (Wildman–Crippen MR) is 114 cm³/mol. The van der Waals surface area contributed by atoms with Crippen molar-refractivity contribution in [2.45, 2.75) is 0 Å². The minimum absolute atomic E-state index is 0.147. The van der Waals surface area contributed by atoms with E-state index in [0.29, 0.717) is 0 Å². The predicted octanol–water partition coefficient (Wildman–Crippen LogP) is 2.94. The first-order valence-corrected chi connectivity index (χ1v) is 9.42. The highest BCUT2D eigenvalue weighted by molar-refractivity contribution is 6.20. The van der Waals surface area contributed by atoms with E-state index < -0.39 is 57.7 Å². The van der Waals surface area contributed by atoms with Crippen LogP contribution in [-0.2, 0) is 0 Å². The van der Waals surface area contributed by atoms with E-state index in [1.165, 1.54) is 24.3 Å². The number of hydrogen-bond donors (Lipinski definition) is 4. The average molecular weight is 462 g/mol. The topological polar surface area (TPSA) is 183 Å². The summed E-state index contributed by atoms with van der Waals surface area (Å²) in [4.78, 5) is 71.6.